The van der Waals surface area contributed by atoms with Gasteiger partial charge in [0, 0.05) is 24.0 Å². The van der Waals surface area contributed by atoms with E-state index in [1.807, 2.05) is 56.4 Å². The molecule has 4 heterocycles. The van der Waals surface area contributed by atoms with Crippen LogP contribution in [0.2, 0.25) is 0 Å². The van der Waals surface area contributed by atoms with Crippen molar-refractivity contribution in [3.63, 3.8) is 0 Å². The number of ether oxygens (including phenoxy) is 2. The Morgan fingerprint density at radius 3 is 2.59 bits per heavy atom. The quantitative estimate of drug-likeness (QED) is 0.196. The van der Waals surface area contributed by atoms with Gasteiger partial charge in [-0.05, 0) is 61.9 Å². The number of hydrogen-bond donors (Lipinski definition) is 1. The van der Waals surface area contributed by atoms with E-state index in [2.05, 4.69) is 46.1 Å². The summed E-state index contributed by atoms with van der Waals surface area (Å²) in [5.74, 6) is 4.10. The molecule has 9 heteroatoms. The third kappa shape index (κ3) is 6.25. The van der Waals surface area contributed by atoms with Crippen molar-refractivity contribution in [1.29, 1.82) is 0 Å². The zero-order valence-electron chi connectivity index (χ0n) is 23.2. The number of nitrogens with one attached hydrogen (secondary N) is 1. The summed E-state index contributed by atoms with van der Waals surface area (Å²) in [6.45, 7) is 11.4. The number of rotatable bonds is 11. The van der Waals surface area contributed by atoms with Gasteiger partial charge in [0.1, 0.15) is 35.4 Å². The summed E-state index contributed by atoms with van der Waals surface area (Å²) in [6, 6.07) is 11.6. The number of benzene rings is 1. The summed E-state index contributed by atoms with van der Waals surface area (Å²) in [6.07, 6.45) is 8.49. The van der Waals surface area contributed by atoms with Gasteiger partial charge in [0.05, 0.1) is 17.8 Å². The van der Waals surface area contributed by atoms with E-state index in [0.717, 1.165) is 51.9 Å². The van der Waals surface area contributed by atoms with Crippen molar-refractivity contribution in [2.75, 3.05) is 11.9 Å². The second kappa shape index (κ2) is 11.6. The van der Waals surface area contributed by atoms with Gasteiger partial charge in [-0.1, -0.05) is 33.6 Å². The van der Waals surface area contributed by atoms with E-state index in [0.29, 0.717) is 29.6 Å². The molecule has 5 aromatic rings. The van der Waals surface area contributed by atoms with Gasteiger partial charge in [0.15, 0.2) is 11.5 Å². The molecule has 202 valence electrons. The van der Waals surface area contributed by atoms with E-state index >= 15 is 0 Å². The smallest absolute Gasteiger partial charge is 0.160 e. The first kappa shape index (κ1) is 26.3. The van der Waals surface area contributed by atoms with Crippen LogP contribution in [0.5, 0.6) is 17.2 Å². The van der Waals surface area contributed by atoms with Crippen molar-refractivity contribution in [3.05, 3.63) is 66.5 Å². The fourth-order valence-corrected chi connectivity index (χ4v) is 4.35. The molecule has 0 aliphatic heterocycles. The second-order valence-electron chi connectivity index (χ2n) is 10.3. The van der Waals surface area contributed by atoms with Gasteiger partial charge in [-0.3, -0.25) is 0 Å². The van der Waals surface area contributed by atoms with Crippen LogP contribution in [0.3, 0.4) is 0 Å². The van der Waals surface area contributed by atoms with E-state index < -0.39 is 0 Å². The first-order valence-corrected chi connectivity index (χ1v) is 13.5. The molecule has 0 bridgehead atoms. The number of hydrogen-bond acceptors (Lipinski definition) is 8. The van der Waals surface area contributed by atoms with Crippen molar-refractivity contribution >= 4 is 28.2 Å². The van der Waals surface area contributed by atoms with Crippen LogP contribution in [0, 0.1) is 25.7 Å². The molecular formula is C30H35N7O2. The highest BCUT2D eigenvalue weighted by Gasteiger charge is 2.13. The Labute approximate surface area is 228 Å². The van der Waals surface area contributed by atoms with Gasteiger partial charge in [-0.2, -0.15) is 5.10 Å². The first-order valence-electron chi connectivity index (χ1n) is 13.5. The van der Waals surface area contributed by atoms with E-state index in [1.165, 1.54) is 19.2 Å². The third-order valence-corrected chi connectivity index (χ3v) is 7.04. The fraction of sp³-hybridized carbons (Fsp3) is 0.367. The molecule has 39 heavy (non-hydrogen) atoms. The Bertz CT molecular complexity index is 1580. The number of nitrogens with zero attached hydrogens (tertiary/aromatic N) is 6. The maximum Gasteiger partial charge on any atom is 0.160 e. The molecular weight excluding hydrogens is 490 g/mol. The number of aromatic nitrogens is 6. The molecule has 4 aromatic heterocycles. The second-order valence-corrected chi connectivity index (χ2v) is 10.3. The summed E-state index contributed by atoms with van der Waals surface area (Å²) in [7, 11) is 0. The number of aryl methyl sites for hydroxylation is 2. The van der Waals surface area contributed by atoms with E-state index in [4.69, 9.17) is 14.5 Å². The topological polar surface area (TPSA) is 99.4 Å². The lowest BCUT2D eigenvalue weighted by Gasteiger charge is -2.17. The Morgan fingerprint density at radius 2 is 1.77 bits per heavy atom. The summed E-state index contributed by atoms with van der Waals surface area (Å²) in [5.41, 5.74) is 4.84. The lowest BCUT2D eigenvalue weighted by atomic mass is 9.97. The van der Waals surface area contributed by atoms with E-state index in [1.54, 1.807) is 10.8 Å². The average Bonchev–Trinajstić information content (AvgIpc) is 3.40. The van der Waals surface area contributed by atoms with Crippen LogP contribution in [0.4, 0.5) is 11.5 Å². The van der Waals surface area contributed by atoms with Gasteiger partial charge < -0.3 is 14.8 Å². The molecule has 1 N–H and O–H groups in total. The van der Waals surface area contributed by atoms with Gasteiger partial charge in [0.25, 0.3) is 0 Å². The molecule has 0 aliphatic rings. The molecule has 9 nitrogen and oxygen atoms in total. The zero-order chi connectivity index (χ0) is 27.4. The largest absolute Gasteiger partial charge is 0.491 e. The normalized spacial score (nSPS) is 12.9. The minimum absolute atomic E-state index is 0.484. The molecule has 0 saturated heterocycles. The Balaban J connectivity index is 1.28. The maximum absolute atomic E-state index is 6.16. The molecule has 1 aromatic carbocycles. The van der Waals surface area contributed by atoms with E-state index in [-0.39, 0.29) is 0 Å². The van der Waals surface area contributed by atoms with Crippen molar-refractivity contribution in [3.8, 4) is 17.2 Å². The predicted molar refractivity (Wildman–Crippen MR) is 153 cm³/mol. The molecule has 0 fully saturated rings. The summed E-state index contributed by atoms with van der Waals surface area (Å²) >= 11 is 0. The van der Waals surface area contributed by atoms with Crippen LogP contribution in [0.25, 0.3) is 16.7 Å². The Hall–Kier alpha value is -4.27. The highest BCUT2D eigenvalue weighted by molar-refractivity contribution is 5.88. The summed E-state index contributed by atoms with van der Waals surface area (Å²) in [5, 5.41) is 7.52. The Morgan fingerprint density at radius 1 is 0.923 bits per heavy atom. The van der Waals surface area contributed by atoms with Crippen LogP contribution < -0.4 is 14.8 Å². The molecule has 0 radical (unpaired) electrons. The van der Waals surface area contributed by atoms with Crippen LogP contribution in [0.1, 0.15) is 51.3 Å². The van der Waals surface area contributed by atoms with E-state index in [9.17, 15) is 0 Å². The van der Waals surface area contributed by atoms with Crippen molar-refractivity contribution < 1.29 is 9.47 Å². The molecule has 2 atom stereocenters. The number of fused-ring (bicyclic) bond motifs is 2. The highest BCUT2D eigenvalue weighted by atomic mass is 16.5. The molecule has 0 amide bonds. The van der Waals surface area contributed by atoms with Crippen LogP contribution >= 0.6 is 0 Å². The highest BCUT2D eigenvalue weighted by Crippen LogP contribution is 2.31. The van der Waals surface area contributed by atoms with Gasteiger partial charge in [0.2, 0.25) is 0 Å². The predicted octanol–water partition coefficient (Wildman–Crippen LogP) is 7.06. The van der Waals surface area contributed by atoms with Crippen LogP contribution in [-0.4, -0.2) is 36.2 Å². The lowest BCUT2D eigenvalue weighted by molar-refractivity contribution is 0.241. The third-order valence-electron chi connectivity index (χ3n) is 7.04. The van der Waals surface area contributed by atoms with Gasteiger partial charge in [-0.15, -0.1) is 0 Å². The molecule has 0 aliphatic carbocycles. The fourth-order valence-electron chi connectivity index (χ4n) is 4.35. The summed E-state index contributed by atoms with van der Waals surface area (Å²) < 4.78 is 14.0. The minimum Gasteiger partial charge on any atom is -0.491 e. The number of anilines is 2. The standard InChI is InChI=1S/C30H35N7O2/c1-6-19(2)7-8-20(3)16-38-27-15-25-29(35-22(27)5)30(33-17-31-25)36-23-9-10-26(21(4)13-23)39-24-11-12-37-28(14-24)32-18-34-37/h9-15,17-20H,6-8,16H2,1-5H3,(H,31,33,36). The SMILES string of the molecule is CCC(C)CCC(C)COc1cc2ncnc(Nc3ccc(Oc4ccn5ncnc5c4)c(C)c3)c2nc1C. The summed E-state index contributed by atoms with van der Waals surface area (Å²) in [4.78, 5) is 17.9. The lowest BCUT2D eigenvalue weighted by Crippen LogP contribution is -2.11. The van der Waals surface area contributed by atoms with Crippen LogP contribution in [0.15, 0.2) is 55.2 Å². The first-order chi connectivity index (χ1) is 18.9. The molecule has 0 spiro atoms. The van der Waals surface area contributed by atoms with Crippen molar-refractivity contribution in [2.45, 2.75) is 53.9 Å². The molecule has 0 saturated carbocycles. The van der Waals surface area contributed by atoms with Gasteiger partial charge in [-0.25, -0.2) is 24.5 Å². The van der Waals surface area contributed by atoms with Gasteiger partial charge >= 0.3 is 0 Å². The molecule has 5 rings (SSSR count). The van der Waals surface area contributed by atoms with Crippen molar-refractivity contribution in [1.82, 2.24) is 29.5 Å². The van der Waals surface area contributed by atoms with Crippen molar-refractivity contribution in [2.24, 2.45) is 11.8 Å². The zero-order valence-corrected chi connectivity index (χ0v) is 23.2. The van der Waals surface area contributed by atoms with Crippen LogP contribution in [-0.2, 0) is 0 Å². The average molecular weight is 526 g/mol. The minimum atomic E-state index is 0.484. The maximum atomic E-state index is 6.16. The number of pyridine rings is 2. The Kier molecular flexibility index (Phi) is 7.86. The monoisotopic (exact) mass is 525 g/mol. The molecule has 2 unspecified atom stereocenters.